The smallest absolute Gasteiger partial charge is 0.103 e. The van der Waals surface area contributed by atoms with Crippen molar-refractivity contribution in [3.8, 4) is 6.07 Å². The predicted octanol–water partition coefficient (Wildman–Crippen LogP) is 2.51. The van der Waals surface area contributed by atoms with Crippen molar-refractivity contribution in [2.45, 2.75) is 51.5 Å². The SMILES string of the molecule is CCCNC(C)(C#N)CCCCOCCOCCCOC. The van der Waals surface area contributed by atoms with Crippen molar-refractivity contribution < 1.29 is 14.2 Å². The van der Waals surface area contributed by atoms with Gasteiger partial charge in [0.1, 0.15) is 5.54 Å². The lowest BCUT2D eigenvalue weighted by atomic mass is 9.96. The summed E-state index contributed by atoms with van der Waals surface area (Å²) in [6.45, 7) is 8.44. The molecule has 0 aliphatic rings. The van der Waals surface area contributed by atoms with Crippen LogP contribution in [-0.4, -0.2) is 52.2 Å². The lowest BCUT2D eigenvalue weighted by Gasteiger charge is -2.22. The summed E-state index contributed by atoms with van der Waals surface area (Å²) in [5, 5.41) is 12.5. The average molecular weight is 300 g/mol. The van der Waals surface area contributed by atoms with Crippen molar-refractivity contribution in [3.05, 3.63) is 0 Å². The van der Waals surface area contributed by atoms with Crippen LogP contribution in [0.2, 0.25) is 0 Å². The Labute approximate surface area is 129 Å². The highest BCUT2D eigenvalue weighted by Crippen LogP contribution is 2.12. The van der Waals surface area contributed by atoms with Crippen LogP contribution in [0.4, 0.5) is 0 Å². The minimum atomic E-state index is -0.402. The van der Waals surface area contributed by atoms with Gasteiger partial charge in [0.05, 0.1) is 19.3 Å². The first-order valence-corrected chi connectivity index (χ1v) is 7.99. The molecule has 0 aromatic rings. The first kappa shape index (κ1) is 20.3. The first-order valence-electron chi connectivity index (χ1n) is 7.99. The molecular formula is C16H32N2O3. The van der Waals surface area contributed by atoms with E-state index in [1.54, 1.807) is 7.11 Å². The Bertz CT molecular complexity index is 269. The summed E-state index contributed by atoms with van der Waals surface area (Å²) in [5.41, 5.74) is -0.402. The molecule has 0 amide bonds. The van der Waals surface area contributed by atoms with Gasteiger partial charge in [-0.3, -0.25) is 5.32 Å². The molecule has 0 aromatic carbocycles. The third kappa shape index (κ3) is 12.8. The van der Waals surface area contributed by atoms with Gasteiger partial charge in [-0.1, -0.05) is 6.92 Å². The summed E-state index contributed by atoms with van der Waals surface area (Å²) >= 11 is 0. The topological polar surface area (TPSA) is 63.5 Å². The molecule has 0 aliphatic carbocycles. The summed E-state index contributed by atoms with van der Waals surface area (Å²) < 4.78 is 15.8. The normalized spacial score (nSPS) is 13.8. The Hall–Kier alpha value is -0.670. The second kappa shape index (κ2) is 14.3. The summed E-state index contributed by atoms with van der Waals surface area (Å²) in [6.07, 6.45) is 4.81. The molecule has 0 aliphatic heterocycles. The van der Waals surface area contributed by atoms with Crippen LogP contribution in [-0.2, 0) is 14.2 Å². The molecule has 124 valence electrons. The number of nitriles is 1. The third-order valence-electron chi connectivity index (χ3n) is 3.24. The molecule has 5 nitrogen and oxygen atoms in total. The lowest BCUT2D eigenvalue weighted by molar-refractivity contribution is 0.0384. The van der Waals surface area contributed by atoms with E-state index < -0.39 is 5.54 Å². The Morgan fingerprint density at radius 2 is 1.67 bits per heavy atom. The zero-order valence-electron chi connectivity index (χ0n) is 14.0. The molecule has 5 heteroatoms. The number of hydrogen-bond donors (Lipinski definition) is 1. The van der Waals surface area contributed by atoms with E-state index in [0.29, 0.717) is 13.2 Å². The molecule has 0 saturated heterocycles. The number of methoxy groups -OCH3 is 1. The van der Waals surface area contributed by atoms with Gasteiger partial charge in [-0.2, -0.15) is 5.26 Å². The second-order valence-electron chi connectivity index (χ2n) is 5.40. The predicted molar refractivity (Wildman–Crippen MR) is 84.3 cm³/mol. The minimum Gasteiger partial charge on any atom is -0.385 e. The number of nitrogens with one attached hydrogen (secondary N) is 1. The summed E-state index contributed by atoms with van der Waals surface area (Å²) in [7, 11) is 1.69. The molecule has 21 heavy (non-hydrogen) atoms. The molecule has 1 unspecified atom stereocenters. The van der Waals surface area contributed by atoms with E-state index in [9.17, 15) is 5.26 Å². The molecule has 1 N–H and O–H groups in total. The van der Waals surface area contributed by atoms with E-state index >= 15 is 0 Å². The molecule has 0 heterocycles. The molecule has 0 rings (SSSR count). The van der Waals surface area contributed by atoms with Gasteiger partial charge in [0.2, 0.25) is 0 Å². The maximum Gasteiger partial charge on any atom is 0.103 e. The van der Waals surface area contributed by atoms with Crippen LogP contribution >= 0.6 is 0 Å². The van der Waals surface area contributed by atoms with Gasteiger partial charge in [-0.15, -0.1) is 0 Å². The standard InChI is InChI=1S/C16H32N2O3/c1-4-9-18-16(2,15-17)8-5-6-11-20-13-14-21-12-7-10-19-3/h18H,4-14H2,1-3H3. The zero-order valence-corrected chi connectivity index (χ0v) is 14.0. The van der Waals surface area contributed by atoms with Crippen LogP contribution in [0, 0.1) is 11.3 Å². The number of nitrogens with zero attached hydrogens (tertiary/aromatic N) is 1. The van der Waals surface area contributed by atoms with E-state index in [1.807, 2.05) is 6.92 Å². The monoisotopic (exact) mass is 300 g/mol. The van der Waals surface area contributed by atoms with E-state index in [4.69, 9.17) is 14.2 Å². The van der Waals surface area contributed by atoms with Gasteiger partial charge < -0.3 is 14.2 Å². The first-order chi connectivity index (χ1) is 10.2. The van der Waals surface area contributed by atoms with Crippen molar-refractivity contribution in [3.63, 3.8) is 0 Å². The van der Waals surface area contributed by atoms with Crippen LogP contribution < -0.4 is 5.32 Å². The van der Waals surface area contributed by atoms with E-state index in [2.05, 4.69) is 18.3 Å². The van der Waals surface area contributed by atoms with Gasteiger partial charge in [0.25, 0.3) is 0 Å². The Balaban J connectivity index is 3.37. The number of unbranched alkanes of at least 4 members (excludes halogenated alkanes) is 1. The van der Waals surface area contributed by atoms with Gasteiger partial charge in [-0.05, 0) is 45.6 Å². The van der Waals surface area contributed by atoms with Crippen LogP contribution in [0.15, 0.2) is 0 Å². The maximum atomic E-state index is 9.20. The second-order valence-corrected chi connectivity index (χ2v) is 5.40. The molecule has 1 atom stereocenters. The Kier molecular flexibility index (Phi) is 13.8. The molecule has 0 saturated carbocycles. The van der Waals surface area contributed by atoms with E-state index in [-0.39, 0.29) is 0 Å². The summed E-state index contributed by atoms with van der Waals surface area (Å²) in [6, 6.07) is 2.37. The highest BCUT2D eigenvalue weighted by molar-refractivity contribution is 5.03. The Morgan fingerprint density at radius 1 is 1.00 bits per heavy atom. The molecule has 0 bridgehead atoms. The quantitative estimate of drug-likeness (QED) is 0.471. The number of hydrogen-bond acceptors (Lipinski definition) is 5. The van der Waals surface area contributed by atoms with Crippen molar-refractivity contribution in [1.29, 1.82) is 5.26 Å². The maximum absolute atomic E-state index is 9.20. The van der Waals surface area contributed by atoms with Crippen molar-refractivity contribution in [1.82, 2.24) is 5.32 Å². The highest BCUT2D eigenvalue weighted by Gasteiger charge is 2.21. The molecule has 0 radical (unpaired) electrons. The van der Waals surface area contributed by atoms with Gasteiger partial charge in [0.15, 0.2) is 0 Å². The average Bonchev–Trinajstić information content (AvgIpc) is 2.50. The van der Waals surface area contributed by atoms with Gasteiger partial charge in [0, 0.05) is 26.9 Å². The van der Waals surface area contributed by atoms with Crippen molar-refractivity contribution in [2.24, 2.45) is 0 Å². The lowest BCUT2D eigenvalue weighted by Crippen LogP contribution is -2.41. The molecule has 0 aromatic heterocycles. The highest BCUT2D eigenvalue weighted by atomic mass is 16.5. The molecular weight excluding hydrogens is 268 g/mol. The zero-order chi connectivity index (χ0) is 15.8. The van der Waals surface area contributed by atoms with Crippen LogP contribution in [0.25, 0.3) is 0 Å². The van der Waals surface area contributed by atoms with Gasteiger partial charge in [-0.25, -0.2) is 0 Å². The van der Waals surface area contributed by atoms with Crippen LogP contribution in [0.3, 0.4) is 0 Å². The largest absolute Gasteiger partial charge is 0.385 e. The fourth-order valence-electron chi connectivity index (χ4n) is 1.89. The van der Waals surface area contributed by atoms with Crippen molar-refractivity contribution in [2.75, 3.05) is 46.7 Å². The molecule has 0 spiro atoms. The van der Waals surface area contributed by atoms with E-state index in [0.717, 1.165) is 58.5 Å². The molecule has 0 fully saturated rings. The fraction of sp³-hybridized carbons (Fsp3) is 0.938. The third-order valence-corrected chi connectivity index (χ3v) is 3.24. The summed E-state index contributed by atoms with van der Waals surface area (Å²) in [4.78, 5) is 0. The van der Waals surface area contributed by atoms with Crippen LogP contribution in [0.5, 0.6) is 0 Å². The minimum absolute atomic E-state index is 0.402. The fourth-order valence-corrected chi connectivity index (χ4v) is 1.89. The van der Waals surface area contributed by atoms with Crippen molar-refractivity contribution >= 4 is 0 Å². The van der Waals surface area contributed by atoms with Crippen LogP contribution in [0.1, 0.15) is 46.0 Å². The number of rotatable bonds is 15. The Morgan fingerprint density at radius 3 is 2.24 bits per heavy atom. The van der Waals surface area contributed by atoms with Gasteiger partial charge >= 0.3 is 0 Å². The summed E-state index contributed by atoms with van der Waals surface area (Å²) in [5.74, 6) is 0. The van der Waals surface area contributed by atoms with E-state index in [1.165, 1.54) is 0 Å². The number of ether oxygens (including phenoxy) is 3.